The van der Waals surface area contributed by atoms with Crippen LogP contribution in [0.4, 0.5) is 11.6 Å². The number of nitrogens with one attached hydrogen (secondary N) is 1. The molecule has 2 aromatic rings. The second kappa shape index (κ2) is 8.30. The van der Waals surface area contributed by atoms with Gasteiger partial charge in [-0.2, -0.15) is 0 Å². The number of hydrogen-bond donors (Lipinski definition) is 1. The third kappa shape index (κ3) is 4.03. The Labute approximate surface area is 155 Å². The van der Waals surface area contributed by atoms with Crippen molar-refractivity contribution in [2.45, 2.75) is 46.5 Å². The van der Waals surface area contributed by atoms with Crippen LogP contribution in [-0.2, 0) is 12.8 Å². The highest BCUT2D eigenvalue weighted by Crippen LogP contribution is 2.25. The summed E-state index contributed by atoms with van der Waals surface area (Å²) in [6, 6.07) is 6.33. The van der Waals surface area contributed by atoms with Gasteiger partial charge in [0, 0.05) is 31.2 Å². The lowest BCUT2D eigenvalue weighted by molar-refractivity contribution is 0.0696. The topological polar surface area (TPSA) is 58.1 Å². The molecule has 1 saturated heterocycles. The molecular weight excluding hydrogens is 324 g/mol. The van der Waals surface area contributed by atoms with E-state index in [0.717, 1.165) is 44.5 Å². The first-order valence-electron chi connectivity index (χ1n) is 9.61. The van der Waals surface area contributed by atoms with Crippen molar-refractivity contribution in [2.24, 2.45) is 5.92 Å². The second-order valence-corrected chi connectivity index (χ2v) is 7.05. The molecule has 1 aliphatic heterocycles. The summed E-state index contributed by atoms with van der Waals surface area (Å²) in [5, 5.41) is 3.35. The number of nitrogens with zero attached hydrogens (tertiary/aromatic N) is 3. The Hall–Kier alpha value is -2.43. The van der Waals surface area contributed by atoms with E-state index >= 15 is 0 Å². The summed E-state index contributed by atoms with van der Waals surface area (Å²) in [6.07, 6.45) is 7.30. The van der Waals surface area contributed by atoms with Crippen molar-refractivity contribution in [1.82, 2.24) is 14.9 Å². The van der Waals surface area contributed by atoms with Crippen LogP contribution in [0.25, 0.3) is 0 Å². The van der Waals surface area contributed by atoms with Crippen LogP contribution in [-0.4, -0.2) is 33.9 Å². The monoisotopic (exact) mass is 352 g/mol. The van der Waals surface area contributed by atoms with E-state index in [1.54, 1.807) is 12.4 Å². The van der Waals surface area contributed by atoms with Crippen molar-refractivity contribution in [3.05, 3.63) is 47.3 Å². The highest BCUT2D eigenvalue weighted by Gasteiger charge is 2.22. The quantitative estimate of drug-likeness (QED) is 0.875. The first-order valence-corrected chi connectivity index (χ1v) is 9.61. The predicted molar refractivity (Wildman–Crippen MR) is 105 cm³/mol. The lowest BCUT2D eigenvalue weighted by Crippen LogP contribution is -2.38. The van der Waals surface area contributed by atoms with Crippen LogP contribution in [0.5, 0.6) is 0 Å². The van der Waals surface area contributed by atoms with Gasteiger partial charge in [-0.1, -0.05) is 39.0 Å². The molecule has 26 heavy (non-hydrogen) atoms. The Bertz CT molecular complexity index is 727. The van der Waals surface area contributed by atoms with E-state index in [1.165, 1.54) is 11.1 Å². The number of rotatable bonds is 5. The molecule has 1 N–H and O–H groups in total. The summed E-state index contributed by atoms with van der Waals surface area (Å²) >= 11 is 0. The van der Waals surface area contributed by atoms with Gasteiger partial charge in [-0.25, -0.2) is 9.97 Å². The number of carbonyl (C=O) groups excluding carboxylic acids is 1. The maximum atomic E-state index is 12.6. The largest absolute Gasteiger partial charge is 0.339 e. The van der Waals surface area contributed by atoms with Gasteiger partial charge in [0.25, 0.3) is 5.91 Å². The first kappa shape index (κ1) is 18.4. The first-order chi connectivity index (χ1) is 12.6. The number of benzene rings is 1. The molecule has 138 valence electrons. The fourth-order valence-electron chi connectivity index (χ4n) is 3.41. The normalized spacial score (nSPS) is 15.1. The highest BCUT2D eigenvalue weighted by atomic mass is 16.2. The number of likely N-dealkylation sites (tertiary alicyclic amines) is 1. The van der Waals surface area contributed by atoms with Crippen LogP contribution < -0.4 is 5.32 Å². The lowest BCUT2D eigenvalue weighted by atomic mass is 9.99. The Balaban J connectivity index is 1.73. The molecule has 0 radical (unpaired) electrons. The van der Waals surface area contributed by atoms with Crippen LogP contribution in [0.1, 0.15) is 55.1 Å². The molecule has 0 aliphatic carbocycles. The molecular formula is C21H28N4O. The van der Waals surface area contributed by atoms with Gasteiger partial charge in [-0.15, -0.1) is 0 Å². The van der Waals surface area contributed by atoms with Crippen LogP contribution in [0, 0.1) is 5.92 Å². The number of para-hydroxylation sites is 1. The summed E-state index contributed by atoms with van der Waals surface area (Å²) in [5.74, 6) is 1.27. The standard InChI is InChI=1S/C21H28N4O/c1-4-16-7-6-8-17(5-2)19(16)24-21-22-13-18(14-23-21)20(26)25-11-9-15(3)10-12-25/h6-8,13-15H,4-5,9-12H2,1-3H3,(H,22,23,24). The molecule has 1 aliphatic rings. The molecule has 1 aromatic carbocycles. The minimum atomic E-state index is 0.0339. The molecule has 1 fully saturated rings. The molecule has 0 spiro atoms. The fourth-order valence-corrected chi connectivity index (χ4v) is 3.41. The number of amides is 1. The zero-order chi connectivity index (χ0) is 18.5. The third-order valence-electron chi connectivity index (χ3n) is 5.21. The van der Waals surface area contributed by atoms with E-state index in [9.17, 15) is 4.79 Å². The molecule has 0 atom stereocenters. The Morgan fingerprint density at radius 2 is 1.69 bits per heavy atom. The third-order valence-corrected chi connectivity index (χ3v) is 5.21. The van der Waals surface area contributed by atoms with Gasteiger partial charge >= 0.3 is 0 Å². The molecule has 2 heterocycles. The van der Waals surface area contributed by atoms with Crippen molar-refractivity contribution in [1.29, 1.82) is 0 Å². The lowest BCUT2D eigenvalue weighted by Gasteiger charge is -2.30. The SMILES string of the molecule is CCc1cccc(CC)c1Nc1ncc(C(=O)N2CCC(C)CC2)cn1. The molecule has 0 unspecified atom stereocenters. The minimum Gasteiger partial charge on any atom is -0.339 e. The van der Waals surface area contributed by atoms with E-state index in [0.29, 0.717) is 17.4 Å². The van der Waals surface area contributed by atoms with E-state index in [2.05, 4.69) is 54.3 Å². The van der Waals surface area contributed by atoms with Gasteiger partial charge in [-0.05, 0) is 42.7 Å². The van der Waals surface area contributed by atoms with Gasteiger partial charge in [0.05, 0.1) is 5.56 Å². The fraction of sp³-hybridized carbons (Fsp3) is 0.476. The van der Waals surface area contributed by atoms with Crippen molar-refractivity contribution in [2.75, 3.05) is 18.4 Å². The van der Waals surface area contributed by atoms with Gasteiger partial charge in [0.2, 0.25) is 5.95 Å². The van der Waals surface area contributed by atoms with Crippen LogP contribution in [0.3, 0.4) is 0 Å². The van der Waals surface area contributed by atoms with E-state index in [4.69, 9.17) is 0 Å². The zero-order valence-corrected chi connectivity index (χ0v) is 16.0. The Morgan fingerprint density at radius 3 is 2.23 bits per heavy atom. The summed E-state index contributed by atoms with van der Waals surface area (Å²) in [6.45, 7) is 8.17. The summed E-state index contributed by atoms with van der Waals surface area (Å²) < 4.78 is 0. The van der Waals surface area contributed by atoms with E-state index in [1.807, 2.05) is 4.90 Å². The molecule has 1 amide bonds. The second-order valence-electron chi connectivity index (χ2n) is 7.05. The number of carbonyl (C=O) groups is 1. The molecule has 5 heteroatoms. The number of anilines is 2. The van der Waals surface area contributed by atoms with Gasteiger partial charge in [0.15, 0.2) is 0 Å². The average Bonchev–Trinajstić information content (AvgIpc) is 2.68. The van der Waals surface area contributed by atoms with Crippen LogP contribution in [0.2, 0.25) is 0 Å². The number of aryl methyl sites for hydroxylation is 2. The molecule has 0 saturated carbocycles. The van der Waals surface area contributed by atoms with Crippen molar-refractivity contribution >= 4 is 17.5 Å². The molecule has 3 rings (SSSR count). The van der Waals surface area contributed by atoms with E-state index in [-0.39, 0.29) is 5.91 Å². The summed E-state index contributed by atoms with van der Waals surface area (Å²) in [4.78, 5) is 23.3. The summed E-state index contributed by atoms with van der Waals surface area (Å²) in [5.41, 5.74) is 4.14. The van der Waals surface area contributed by atoms with Gasteiger partial charge in [0.1, 0.15) is 0 Å². The predicted octanol–water partition coefficient (Wildman–Crippen LogP) is 4.22. The van der Waals surface area contributed by atoms with Crippen molar-refractivity contribution < 1.29 is 4.79 Å². The smallest absolute Gasteiger partial charge is 0.256 e. The highest BCUT2D eigenvalue weighted by molar-refractivity contribution is 5.93. The van der Waals surface area contributed by atoms with Crippen molar-refractivity contribution in [3.8, 4) is 0 Å². The van der Waals surface area contributed by atoms with Gasteiger partial charge in [-0.3, -0.25) is 4.79 Å². The minimum absolute atomic E-state index is 0.0339. The van der Waals surface area contributed by atoms with Crippen LogP contribution >= 0.6 is 0 Å². The zero-order valence-electron chi connectivity index (χ0n) is 16.0. The van der Waals surface area contributed by atoms with Crippen molar-refractivity contribution in [3.63, 3.8) is 0 Å². The number of aromatic nitrogens is 2. The summed E-state index contributed by atoms with van der Waals surface area (Å²) in [7, 11) is 0. The van der Waals surface area contributed by atoms with Crippen LogP contribution in [0.15, 0.2) is 30.6 Å². The Morgan fingerprint density at radius 1 is 1.12 bits per heavy atom. The molecule has 1 aromatic heterocycles. The van der Waals surface area contributed by atoms with E-state index < -0.39 is 0 Å². The molecule has 0 bridgehead atoms. The number of piperidine rings is 1. The maximum absolute atomic E-state index is 12.6. The maximum Gasteiger partial charge on any atom is 0.256 e. The number of hydrogen-bond acceptors (Lipinski definition) is 4. The molecule has 5 nitrogen and oxygen atoms in total. The average molecular weight is 352 g/mol. The Kier molecular flexibility index (Phi) is 5.86. The van der Waals surface area contributed by atoms with Gasteiger partial charge < -0.3 is 10.2 Å².